The van der Waals surface area contributed by atoms with Gasteiger partial charge in [0.05, 0.1) is 14.5 Å². The first-order valence-corrected chi connectivity index (χ1v) is 9.11. The van der Waals surface area contributed by atoms with Crippen LogP contribution in [0.25, 0.3) is 0 Å². The van der Waals surface area contributed by atoms with Crippen molar-refractivity contribution in [3.63, 3.8) is 0 Å². The highest BCUT2D eigenvalue weighted by Gasteiger charge is 2.29. The summed E-state index contributed by atoms with van der Waals surface area (Å²) in [6.45, 7) is 4.23. The Morgan fingerprint density at radius 1 is 1.35 bits per heavy atom. The molecule has 1 aromatic rings. The Balaban J connectivity index is 2.32. The number of thioether (sulfide) groups is 2. The maximum absolute atomic E-state index is 6.15. The number of hydrogen-bond donors (Lipinski definition) is 0. The zero-order valence-corrected chi connectivity index (χ0v) is 14.3. The van der Waals surface area contributed by atoms with Crippen molar-refractivity contribution in [2.45, 2.75) is 30.8 Å². The van der Waals surface area contributed by atoms with Gasteiger partial charge in [-0.05, 0) is 35.9 Å². The van der Waals surface area contributed by atoms with E-state index in [-0.39, 0.29) is 0 Å². The van der Waals surface area contributed by atoms with Crippen molar-refractivity contribution in [1.82, 2.24) is 9.97 Å². The lowest BCUT2D eigenvalue weighted by Gasteiger charge is -2.29. The van der Waals surface area contributed by atoms with Crippen molar-refractivity contribution in [2.75, 3.05) is 11.5 Å². The normalized spacial score (nSPS) is 24.9. The van der Waals surface area contributed by atoms with Crippen LogP contribution in [0.15, 0.2) is 0 Å². The zero-order valence-electron chi connectivity index (χ0n) is 9.74. The fourth-order valence-electron chi connectivity index (χ4n) is 1.81. The van der Waals surface area contributed by atoms with Gasteiger partial charge in [0.1, 0.15) is 11.0 Å². The summed E-state index contributed by atoms with van der Waals surface area (Å²) < 4.78 is 0.967. The third-order valence-electron chi connectivity index (χ3n) is 2.70. The molecule has 17 heavy (non-hydrogen) atoms. The summed E-state index contributed by atoms with van der Waals surface area (Å²) in [7, 11) is 0. The third-order valence-corrected chi connectivity index (χ3v) is 7.83. The Hall–Kier alpha value is 0.800. The van der Waals surface area contributed by atoms with Crippen LogP contribution in [0.2, 0.25) is 5.15 Å². The molecular formula is C11H14ClIN2S2. The summed E-state index contributed by atoms with van der Waals surface area (Å²) in [5.41, 5.74) is 0.992. The SMILES string of the molecule is CCC1SCCSC1c1nc(C)c(I)c(Cl)n1. The molecule has 0 radical (unpaired) electrons. The van der Waals surface area contributed by atoms with Crippen molar-refractivity contribution < 1.29 is 0 Å². The van der Waals surface area contributed by atoms with E-state index >= 15 is 0 Å². The fourth-order valence-corrected chi connectivity index (χ4v) is 5.27. The molecule has 0 aromatic carbocycles. The molecule has 1 aliphatic rings. The van der Waals surface area contributed by atoms with Gasteiger partial charge in [-0.3, -0.25) is 0 Å². The summed E-state index contributed by atoms with van der Waals surface area (Å²) in [6.07, 6.45) is 1.16. The molecule has 6 heteroatoms. The highest BCUT2D eigenvalue weighted by atomic mass is 127. The molecule has 0 aliphatic carbocycles. The van der Waals surface area contributed by atoms with E-state index in [2.05, 4.69) is 39.5 Å². The lowest BCUT2D eigenvalue weighted by molar-refractivity contribution is 0.743. The number of aryl methyl sites for hydroxylation is 1. The fraction of sp³-hybridized carbons (Fsp3) is 0.636. The number of hydrogen-bond acceptors (Lipinski definition) is 4. The molecule has 2 rings (SSSR count). The van der Waals surface area contributed by atoms with E-state index in [0.29, 0.717) is 15.7 Å². The minimum Gasteiger partial charge on any atom is -0.236 e. The van der Waals surface area contributed by atoms with Crippen molar-refractivity contribution in [3.05, 3.63) is 20.2 Å². The average molecular weight is 401 g/mol. The highest BCUT2D eigenvalue weighted by Crippen LogP contribution is 2.43. The quantitative estimate of drug-likeness (QED) is 0.545. The van der Waals surface area contributed by atoms with Crippen LogP contribution in [0.5, 0.6) is 0 Å². The molecule has 2 heterocycles. The summed E-state index contributed by atoms with van der Waals surface area (Å²) >= 11 is 12.4. The lowest BCUT2D eigenvalue weighted by Crippen LogP contribution is -2.21. The van der Waals surface area contributed by atoms with Gasteiger partial charge in [0.15, 0.2) is 0 Å². The monoisotopic (exact) mass is 400 g/mol. The molecule has 0 spiro atoms. The van der Waals surface area contributed by atoms with E-state index < -0.39 is 0 Å². The summed E-state index contributed by atoms with van der Waals surface area (Å²) in [6, 6.07) is 0. The second-order valence-electron chi connectivity index (χ2n) is 3.88. The van der Waals surface area contributed by atoms with E-state index in [1.165, 1.54) is 11.5 Å². The molecule has 1 aliphatic heterocycles. The van der Waals surface area contributed by atoms with Gasteiger partial charge in [0.2, 0.25) is 0 Å². The second-order valence-corrected chi connectivity index (χ2v) is 7.91. The van der Waals surface area contributed by atoms with Gasteiger partial charge in [-0.15, -0.1) is 11.8 Å². The highest BCUT2D eigenvalue weighted by molar-refractivity contribution is 14.1. The Bertz CT molecular complexity index is 393. The van der Waals surface area contributed by atoms with E-state index in [4.69, 9.17) is 11.6 Å². The van der Waals surface area contributed by atoms with Crippen molar-refractivity contribution in [2.24, 2.45) is 0 Å². The van der Waals surface area contributed by atoms with Crippen LogP contribution in [0.3, 0.4) is 0 Å². The van der Waals surface area contributed by atoms with E-state index in [0.717, 1.165) is 21.5 Å². The summed E-state index contributed by atoms with van der Waals surface area (Å²) in [4.78, 5) is 9.09. The third kappa shape index (κ3) is 3.22. The molecule has 94 valence electrons. The predicted molar refractivity (Wildman–Crippen MR) is 86.2 cm³/mol. The van der Waals surface area contributed by atoms with Crippen LogP contribution < -0.4 is 0 Å². The molecule has 2 nitrogen and oxygen atoms in total. The van der Waals surface area contributed by atoms with Gasteiger partial charge in [-0.1, -0.05) is 18.5 Å². The molecule has 2 atom stereocenters. The van der Waals surface area contributed by atoms with Crippen LogP contribution in [0.1, 0.15) is 30.1 Å². The van der Waals surface area contributed by atoms with Crippen molar-refractivity contribution >= 4 is 57.7 Å². The summed E-state index contributed by atoms with van der Waals surface area (Å²) in [5, 5.41) is 1.61. The van der Waals surface area contributed by atoms with Gasteiger partial charge >= 0.3 is 0 Å². The Labute approximate surface area is 129 Å². The predicted octanol–water partition coefficient (Wildman–Crippen LogP) is 4.34. The van der Waals surface area contributed by atoms with Gasteiger partial charge in [-0.2, -0.15) is 11.8 Å². The molecule has 1 aromatic heterocycles. The molecule has 0 saturated carbocycles. The lowest BCUT2D eigenvalue weighted by atomic mass is 10.2. The van der Waals surface area contributed by atoms with Gasteiger partial charge in [0.25, 0.3) is 0 Å². The van der Waals surface area contributed by atoms with E-state index in [1.54, 1.807) is 0 Å². The number of rotatable bonds is 2. The van der Waals surface area contributed by atoms with Gasteiger partial charge in [-0.25, -0.2) is 9.97 Å². The number of halogens is 2. The van der Waals surface area contributed by atoms with Crippen LogP contribution >= 0.6 is 57.7 Å². The van der Waals surface area contributed by atoms with E-state index in [1.807, 2.05) is 30.4 Å². The van der Waals surface area contributed by atoms with E-state index in [9.17, 15) is 0 Å². The molecule has 0 bridgehead atoms. The first-order valence-electron chi connectivity index (χ1n) is 5.56. The Morgan fingerprint density at radius 3 is 2.71 bits per heavy atom. The minimum atomic E-state index is 0.395. The van der Waals surface area contributed by atoms with Crippen LogP contribution in [0, 0.1) is 10.5 Å². The molecule has 0 N–H and O–H groups in total. The molecular weight excluding hydrogens is 387 g/mol. The number of aromatic nitrogens is 2. The maximum atomic E-state index is 6.15. The summed E-state index contributed by atoms with van der Waals surface area (Å²) in [5.74, 6) is 3.33. The minimum absolute atomic E-state index is 0.395. The van der Waals surface area contributed by atoms with Crippen LogP contribution in [-0.4, -0.2) is 26.7 Å². The number of nitrogens with zero attached hydrogens (tertiary/aromatic N) is 2. The van der Waals surface area contributed by atoms with Gasteiger partial charge < -0.3 is 0 Å². The largest absolute Gasteiger partial charge is 0.236 e. The standard InChI is InChI=1S/C11H14ClIN2S2/c1-3-7-9(17-5-4-16-7)11-14-6(2)8(13)10(12)15-11/h7,9H,3-5H2,1-2H3. The van der Waals surface area contributed by atoms with Crippen LogP contribution in [0.4, 0.5) is 0 Å². The van der Waals surface area contributed by atoms with Crippen molar-refractivity contribution in [1.29, 1.82) is 0 Å². The molecule has 2 unspecified atom stereocenters. The van der Waals surface area contributed by atoms with Crippen molar-refractivity contribution in [3.8, 4) is 0 Å². The zero-order chi connectivity index (χ0) is 12.4. The molecule has 0 amide bonds. The second kappa shape index (κ2) is 6.30. The first kappa shape index (κ1) is 14.2. The topological polar surface area (TPSA) is 25.8 Å². The maximum Gasteiger partial charge on any atom is 0.146 e. The Morgan fingerprint density at radius 2 is 2.06 bits per heavy atom. The molecule has 1 fully saturated rings. The van der Waals surface area contributed by atoms with Gasteiger partial charge in [0, 0.05) is 16.8 Å². The molecule has 1 saturated heterocycles. The average Bonchev–Trinajstić information content (AvgIpc) is 2.35. The van der Waals surface area contributed by atoms with Crippen LogP contribution in [-0.2, 0) is 0 Å². The Kier molecular flexibility index (Phi) is 5.27. The smallest absolute Gasteiger partial charge is 0.146 e. The first-order chi connectivity index (χ1) is 8.13.